The molecule has 0 spiro atoms. The van der Waals surface area contributed by atoms with E-state index in [9.17, 15) is 13.2 Å². The summed E-state index contributed by atoms with van der Waals surface area (Å²) in [6.07, 6.45) is 1.78. The minimum absolute atomic E-state index is 0.218. The number of methoxy groups -OCH3 is 1. The molecule has 0 aromatic heterocycles. The van der Waals surface area contributed by atoms with Gasteiger partial charge >= 0.3 is 0 Å². The molecule has 8 heteroatoms. The Hall–Kier alpha value is -2.74. The Morgan fingerprint density at radius 3 is 2.47 bits per heavy atom. The standard InChI is InChI=1S/C22H28N2O5S/c1-6-24(30(5,26)27)16-9-7-15(8-10-16)21(25)23-19-14-22(2,3)29-20-13-17(28-4)11-12-18(19)20/h7-13,19H,6,14H2,1-5H3,(H,23,25). The van der Waals surface area contributed by atoms with Gasteiger partial charge in [0.25, 0.3) is 5.91 Å². The highest BCUT2D eigenvalue weighted by Crippen LogP contribution is 2.41. The zero-order valence-corrected chi connectivity index (χ0v) is 18.7. The highest BCUT2D eigenvalue weighted by atomic mass is 32.2. The van der Waals surface area contributed by atoms with Crippen molar-refractivity contribution in [3.05, 3.63) is 53.6 Å². The molecule has 7 nitrogen and oxygen atoms in total. The van der Waals surface area contributed by atoms with Crippen molar-refractivity contribution in [3.63, 3.8) is 0 Å². The largest absolute Gasteiger partial charge is 0.497 e. The lowest BCUT2D eigenvalue weighted by molar-refractivity contribution is 0.0617. The number of hydrogen-bond acceptors (Lipinski definition) is 5. The maximum Gasteiger partial charge on any atom is 0.251 e. The Kier molecular flexibility index (Phi) is 5.99. The number of sulfonamides is 1. The molecular formula is C22H28N2O5S. The van der Waals surface area contributed by atoms with E-state index < -0.39 is 15.6 Å². The van der Waals surface area contributed by atoms with E-state index in [1.807, 2.05) is 32.0 Å². The van der Waals surface area contributed by atoms with Crippen LogP contribution in [-0.4, -0.2) is 39.8 Å². The number of carbonyl (C=O) groups is 1. The van der Waals surface area contributed by atoms with Crippen LogP contribution in [0.15, 0.2) is 42.5 Å². The van der Waals surface area contributed by atoms with E-state index in [1.54, 1.807) is 38.3 Å². The first-order valence-electron chi connectivity index (χ1n) is 9.79. The van der Waals surface area contributed by atoms with Crippen LogP contribution in [-0.2, 0) is 10.0 Å². The van der Waals surface area contributed by atoms with Gasteiger partial charge in [-0.3, -0.25) is 9.10 Å². The number of benzene rings is 2. The second-order valence-corrected chi connectivity index (χ2v) is 9.88. The topological polar surface area (TPSA) is 84.9 Å². The van der Waals surface area contributed by atoms with E-state index in [-0.39, 0.29) is 11.9 Å². The van der Waals surface area contributed by atoms with Crippen LogP contribution in [0.5, 0.6) is 11.5 Å². The molecule has 162 valence electrons. The van der Waals surface area contributed by atoms with E-state index in [1.165, 1.54) is 4.31 Å². The SMILES string of the molecule is CCN(c1ccc(C(=O)NC2CC(C)(C)Oc3cc(OC)ccc32)cc1)S(C)(=O)=O. The molecule has 1 unspecified atom stereocenters. The van der Waals surface area contributed by atoms with Gasteiger partial charge in [0.1, 0.15) is 17.1 Å². The van der Waals surface area contributed by atoms with Crippen LogP contribution in [0.3, 0.4) is 0 Å². The average Bonchev–Trinajstić information content (AvgIpc) is 2.66. The van der Waals surface area contributed by atoms with Crippen LogP contribution in [0.4, 0.5) is 5.69 Å². The highest BCUT2D eigenvalue weighted by molar-refractivity contribution is 7.92. The number of ether oxygens (including phenoxy) is 2. The molecule has 0 aliphatic carbocycles. The van der Waals surface area contributed by atoms with Crippen molar-refractivity contribution in [1.82, 2.24) is 5.32 Å². The molecule has 1 N–H and O–H groups in total. The Morgan fingerprint density at radius 2 is 1.90 bits per heavy atom. The molecule has 2 aromatic carbocycles. The van der Waals surface area contributed by atoms with E-state index >= 15 is 0 Å². The first-order chi connectivity index (χ1) is 14.0. The maximum atomic E-state index is 12.9. The molecule has 0 bridgehead atoms. The van der Waals surface area contributed by atoms with Gasteiger partial charge in [-0.1, -0.05) is 0 Å². The molecule has 2 aromatic rings. The summed E-state index contributed by atoms with van der Waals surface area (Å²) in [5, 5.41) is 3.09. The van der Waals surface area contributed by atoms with Gasteiger partial charge in [0.05, 0.1) is 25.1 Å². The lowest BCUT2D eigenvalue weighted by atomic mass is 9.89. The Morgan fingerprint density at radius 1 is 1.23 bits per heavy atom. The van der Waals surface area contributed by atoms with Crippen LogP contribution in [0.2, 0.25) is 0 Å². The molecule has 1 atom stereocenters. The van der Waals surface area contributed by atoms with Crippen molar-refractivity contribution in [2.75, 3.05) is 24.2 Å². The Bertz CT molecular complexity index is 1030. The van der Waals surface area contributed by atoms with Crippen LogP contribution in [0.1, 0.15) is 49.2 Å². The van der Waals surface area contributed by atoms with Crippen molar-refractivity contribution in [1.29, 1.82) is 0 Å². The number of nitrogens with one attached hydrogen (secondary N) is 1. The number of fused-ring (bicyclic) bond motifs is 1. The molecule has 0 radical (unpaired) electrons. The summed E-state index contributed by atoms with van der Waals surface area (Å²) in [7, 11) is -1.77. The molecule has 0 saturated heterocycles. The summed E-state index contributed by atoms with van der Waals surface area (Å²) in [5.74, 6) is 1.16. The first kappa shape index (κ1) is 22.0. The highest BCUT2D eigenvalue weighted by Gasteiger charge is 2.35. The van der Waals surface area contributed by atoms with E-state index in [2.05, 4.69) is 5.32 Å². The summed E-state index contributed by atoms with van der Waals surface area (Å²) in [5.41, 5.74) is 1.44. The number of amides is 1. The van der Waals surface area contributed by atoms with Gasteiger partial charge in [0.2, 0.25) is 10.0 Å². The average molecular weight is 433 g/mol. The summed E-state index contributed by atoms with van der Waals surface area (Å²) < 4.78 is 36.4. The van der Waals surface area contributed by atoms with E-state index in [0.717, 1.165) is 11.8 Å². The van der Waals surface area contributed by atoms with Gasteiger partial charge in [-0.2, -0.15) is 0 Å². The van der Waals surface area contributed by atoms with Crippen molar-refractivity contribution in [2.45, 2.75) is 38.8 Å². The number of carbonyl (C=O) groups excluding carboxylic acids is 1. The summed E-state index contributed by atoms with van der Waals surface area (Å²) in [4.78, 5) is 12.9. The van der Waals surface area contributed by atoms with Crippen LogP contribution >= 0.6 is 0 Å². The van der Waals surface area contributed by atoms with Crippen LogP contribution in [0.25, 0.3) is 0 Å². The molecule has 30 heavy (non-hydrogen) atoms. The molecule has 1 aliphatic rings. The van der Waals surface area contributed by atoms with E-state index in [0.29, 0.717) is 35.7 Å². The van der Waals surface area contributed by atoms with Crippen molar-refractivity contribution >= 4 is 21.6 Å². The third-order valence-corrected chi connectivity index (χ3v) is 6.36. The number of nitrogens with zero attached hydrogens (tertiary/aromatic N) is 1. The maximum absolute atomic E-state index is 12.9. The minimum atomic E-state index is -3.37. The fourth-order valence-electron chi connectivity index (χ4n) is 3.72. The summed E-state index contributed by atoms with van der Waals surface area (Å²) in [6.45, 7) is 6.05. The van der Waals surface area contributed by atoms with Gasteiger partial charge in [0.15, 0.2) is 0 Å². The number of anilines is 1. The van der Waals surface area contributed by atoms with Crippen molar-refractivity contribution in [2.24, 2.45) is 0 Å². The number of hydrogen-bond donors (Lipinski definition) is 1. The molecule has 0 saturated carbocycles. The summed E-state index contributed by atoms with van der Waals surface area (Å²) in [6, 6.07) is 11.9. The van der Waals surface area contributed by atoms with E-state index in [4.69, 9.17) is 9.47 Å². The number of rotatable bonds is 6. The third-order valence-electron chi connectivity index (χ3n) is 5.09. The monoisotopic (exact) mass is 432 g/mol. The Labute approximate surface area is 178 Å². The predicted molar refractivity (Wildman–Crippen MR) is 117 cm³/mol. The predicted octanol–water partition coefficient (Wildman–Crippen LogP) is 3.51. The molecule has 0 fully saturated rings. The molecule has 1 aliphatic heterocycles. The molecule has 3 rings (SSSR count). The van der Waals surface area contributed by atoms with Gasteiger partial charge < -0.3 is 14.8 Å². The zero-order chi connectivity index (χ0) is 22.1. The van der Waals surface area contributed by atoms with Gasteiger partial charge in [-0.15, -0.1) is 0 Å². The minimum Gasteiger partial charge on any atom is -0.497 e. The van der Waals surface area contributed by atoms with Crippen molar-refractivity contribution in [3.8, 4) is 11.5 Å². The van der Waals surface area contributed by atoms with Gasteiger partial charge in [-0.25, -0.2) is 8.42 Å². The molecular weight excluding hydrogens is 404 g/mol. The van der Waals surface area contributed by atoms with Crippen molar-refractivity contribution < 1.29 is 22.7 Å². The van der Waals surface area contributed by atoms with Gasteiger partial charge in [0, 0.05) is 30.2 Å². The fourth-order valence-corrected chi connectivity index (χ4v) is 4.69. The summed E-state index contributed by atoms with van der Waals surface area (Å²) >= 11 is 0. The second-order valence-electron chi connectivity index (χ2n) is 7.97. The van der Waals surface area contributed by atoms with Gasteiger partial charge in [-0.05, 0) is 57.2 Å². The van der Waals surface area contributed by atoms with Crippen LogP contribution in [0, 0.1) is 0 Å². The zero-order valence-electron chi connectivity index (χ0n) is 17.9. The Balaban J connectivity index is 1.82. The lowest BCUT2D eigenvalue weighted by Gasteiger charge is -2.38. The quantitative estimate of drug-likeness (QED) is 0.755. The molecule has 1 heterocycles. The lowest BCUT2D eigenvalue weighted by Crippen LogP contribution is -2.41. The van der Waals surface area contributed by atoms with Crippen LogP contribution < -0.4 is 19.1 Å². The first-order valence-corrected chi connectivity index (χ1v) is 11.6. The smallest absolute Gasteiger partial charge is 0.251 e. The second kappa shape index (κ2) is 8.18. The normalized spacial score (nSPS) is 17.4. The molecule has 1 amide bonds. The third kappa shape index (κ3) is 4.70. The fraction of sp³-hybridized carbons (Fsp3) is 0.409.